The van der Waals surface area contributed by atoms with E-state index in [1.807, 2.05) is 0 Å². The van der Waals surface area contributed by atoms with Gasteiger partial charge in [0.2, 0.25) is 5.78 Å². The third kappa shape index (κ3) is 1.89. The van der Waals surface area contributed by atoms with E-state index in [0.717, 1.165) is 23.8 Å². The van der Waals surface area contributed by atoms with Gasteiger partial charge in [-0.25, -0.2) is 4.39 Å². The summed E-state index contributed by atoms with van der Waals surface area (Å²) in [4.78, 5) is 15.8. The van der Waals surface area contributed by atoms with Crippen LogP contribution in [0.2, 0.25) is 0 Å². The quantitative estimate of drug-likeness (QED) is 0.726. The average Bonchev–Trinajstić information content (AvgIpc) is 2.63. The maximum absolute atomic E-state index is 12.8. The minimum absolute atomic E-state index is 0.212. The van der Waals surface area contributed by atoms with E-state index in [0.29, 0.717) is 10.6 Å². The normalized spacial score (nSPS) is 10.3. The summed E-state index contributed by atoms with van der Waals surface area (Å²) in [6.45, 7) is 1.68. The summed E-state index contributed by atoms with van der Waals surface area (Å²) in [5, 5.41) is 3.72. The van der Waals surface area contributed by atoms with E-state index in [1.165, 1.54) is 6.20 Å². The first-order valence-corrected chi connectivity index (χ1v) is 4.90. The number of aryl methyl sites for hydroxylation is 1. The van der Waals surface area contributed by atoms with E-state index in [-0.39, 0.29) is 11.3 Å². The van der Waals surface area contributed by atoms with Crippen LogP contribution in [0.25, 0.3) is 0 Å². The molecule has 0 amide bonds. The maximum atomic E-state index is 12.8. The summed E-state index contributed by atoms with van der Waals surface area (Å²) >= 11 is 0.997. The molecule has 0 aliphatic rings. The lowest BCUT2D eigenvalue weighted by Crippen LogP contribution is -2.02. The Hall–Kier alpha value is -1.69. The molecule has 0 bridgehead atoms. The van der Waals surface area contributed by atoms with Crippen LogP contribution >= 0.6 is 11.5 Å². The second-order valence-electron chi connectivity index (χ2n) is 2.91. The van der Waals surface area contributed by atoms with Gasteiger partial charge in [0.25, 0.3) is 0 Å². The van der Waals surface area contributed by atoms with Crippen LogP contribution in [-0.2, 0) is 0 Å². The predicted molar refractivity (Wildman–Crippen MR) is 52.3 cm³/mol. The van der Waals surface area contributed by atoms with Crippen molar-refractivity contribution in [3.8, 4) is 0 Å². The summed E-state index contributed by atoms with van der Waals surface area (Å²) in [7, 11) is 0. The highest BCUT2D eigenvalue weighted by Crippen LogP contribution is 2.15. The van der Waals surface area contributed by atoms with Crippen molar-refractivity contribution < 1.29 is 9.18 Å². The van der Waals surface area contributed by atoms with Gasteiger partial charge in [-0.1, -0.05) is 4.49 Å². The number of nitrogens with zero attached hydrogens (tertiary/aromatic N) is 3. The Morgan fingerprint density at radius 1 is 1.47 bits per heavy atom. The highest BCUT2D eigenvalue weighted by molar-refractivity contribution is 7.08. The minimum atomic E-state index is -0.532. The molecule has 6 heteroatoms. The molecule has 2 heterocycles. The number of carbonyl (C=O) groups excluding carboxylic acids is 1. The Kier molecular flexibility index (Phi) is 2.51. The average molecular weight is 223 g/mol. The number of pyridine rings is 1. The van der Waals surface area contributed by atoms with E-state index in [4.69, 9.17) is 0 Å². The third-order valence-corrected chi connectivity index (χ3v) is 2.65. The zero-order valence-corrected chi connectivity index (χ0v) is 8.58. The van der Waals surface area contributed by atoms with Crippen molar-refractivity contribution in [1.82, 2.24) is 14.6 Å². The van der Waals surface area contributed by atoms with Crippen LogP contribution < -0.4 is 0 Å². The van der Waals surface area contributed by atoms with Gasteiger partial charge in [0, 0.05) is 11.8 Å². The fourth-order valence-corrected chi connectivity index (χ4v) is 1.73. The van der Waals surface area contributed by atoms with E-state index >= 15 is 0 Å². The molecule has 0 radical (unpaired) electrons. The van der Waals surface area contributed by atoms with E-state index < -0.39 is 5.82 Å². The van der Waals surface area contributed by atoms with E-state index in [9.17, 15) is 9.18 Å². The van der Waals surface area contributed by atoms with Gasteiger partial charge >= 0.3 is 0 Å². The van der Waals surface area contributed by atoms with Crippen molar-refractivity contribution in [3.63, 3.8) is 0 Å². The summed E-state index contributed by atoms with van der Waals surface area (Å²) in [6.07, 6.45) is 2.37. The Bertz CT molecular complexity index is 512. The second kappa shape index (κ2) is 3.82. The van der Waals surface area contributed by atoms with Gasteiger partial charge in [0.1, 0.15) is 10.7 Å². The summed E-state index contributed by atoms with van der Waals surface area (Å²) in [5.74, 6) is -0.828. The number of halogens is 1. The van der Waals surface area contributed by atoms with Crippen LogP contribution in [0, 0.1) is 12.7 Å². The molecule has 0 spiro atoms. The van der Waals surface area contributed by atoms with Crippen molar-refractivity contribution in [2.24, 2.45) is 0 Å². The molecule has 0 N–H and O–H groups in total. The Morgan fingerprint density at radius 2 is 2.27 bits per heavy atom. The first kappa shape index (κ1) is 9.85. The molecule has 0 aliphatic carbocycles. The Balaban J connectivity index is 2.41. The molecule has 15 heavy (non-hydrogen) atoms. The van der Waals surface area contributed by atoms with Crippen LogP contribution in [-0.4, -0.2) is 20.4 Å². The molecule has 0 saturated carbocycles. The fraction of sp³-hybridized carbons (Fsp3) is 0.111. The van der Waals surface area contributed by atoms with E-state index in [1.54, 1.807) is 6.92 Å². The molecule has 0 saturated heterocycles. The van der Waals surface area contributed by atoms with Gasteiger partial charge in [-0.15, -0.1) is 5.10 Å². The molecule has 0 fully saturated rings. The van der Waals surface area contributed by atoms with Crippen molar-refractivity contribution in [2.45, 2.75) is 6.92 Å². The van der Waals surface area contributed by atoms with Crippen LogP contribution in [0.1, 0.15) is 20.9 Å². The smallest absolute Gasteiger partial charge is 0.208 e. The molecule has 0 unspecified atom stereocenters. The molecule has 4 nitrogen and oxygen atoms in total. The lowest BCUT2D eigenvalue weighted by molar-refractivity contribution is 0.104. The van der Waals surface area contributed by atoms with E-state index in [2.05, 4.69) is 14.6 Å². The standard InChI is InChI=1S/C9H6FN3OS/c1-5-9(15-13-12-5)8(14)6-2-7(10)4-11-3-6/h2-4H,1H3. The zero-order valence-electron chi connectivity index (χ0n) is 7.77. The summed E-state index contributed by atoms with van der Waals surface area (Å²) in [5.41, 5.74) is 0.762. The van der Waals surface area contributed by atoms with Crippen molar-refractivity contribution >= 4 is 17.3 Å². The molecule has 2 aromatic heterocycles. The Labute approximate surface area is 89.0 Å². The third-order valence-electron chi connectivity index (χ3n) is 1.82. The second-order valence-corrected chi connectivity index (χ2v) is 3.66. The minimum Gasteiger partial charge on any atom is -0.287 e. The molecule has 76 valence electrons. The van der Waals surface area contributed by atoms with Crippen LogP contribution in [0.5, 0.6) is 0 Å². The molecule has 0 aliphatic heterocycles. The number of aromatic nitrogens is 3. The summed E-state index contributed by atoms with van der Waals surface area (Å²) in [6, 6.07) is 1.15. The van der Waals surface area contributed by atoms with Crippen molar-refractivity contribution in [1.29, 1.82) is 0 Å². The number of hydrogen-bond acceptors (Lipinski definition) is 5. The van der Waals surface area contributed by atoms with Crippen LogP contribution in [0.3, 0.4) is 0 Å². The molecular formula is C9H6FN3OS. The van der Waals surface area contributed by atoms with Crippen LogP contribution in [0.15, 0.2) is 18.5 Å². The van der Waals surface area contributed by atoms with Gasteiger partial charge in [0.05, 0.1) is 11.9 Å². The first-order chi connectivity index (χ1) is 7.18. The Morgan fingerprint density at radius 3 is 2.87 bits per heavy atom. The van der Waals surface area contributed by atoms with Gasteiger partial charge in [-0.05, 0) is 24.5 Å². The molecule has 2 aromatic rings. The SMILES string of the molecule is Cc1nnsc1C(=O)c1cncc(F)c1. The van der Waals surface area contributed by atoms with Crippen LogP contribution in [0.4, 0.5) is 4.39 Å². The van der Waals surface area contributed by atoms with Crippen molar-refractivity contribution in [2.75, 3.05) is 0 Å². The number of carbonyl (C=O) groups is 1. The molecule has 2 rings (SSSR count). The highest BCUT2D eigenvalue weighted by Gasteiger charge is 2.15. The fourth-order valence-electron chi connectivity index (χ4n) is 1.11. The molecule has 0 aromatic carbocycles. The lowest BCUT2D eigenvalue weighted by atomic mass is 10.1. The molecular weight excluding hydrogens is 217 g/mol. The number of rotatable bonds is 2. The lowest BCUT2D eigenvalue weighted by Gasteiger charge is -1.97. The largest absolute Gasteiger partial charge is 0.287 e. The molecule has 0 atom stereocenters. The van der Waals surface area contributed by atoms with Gasteiger partial charge < -0.3 is 0 Å². The first-order valence-electron chi connectivity index (χ1n) is 4.12. The monoisotopic (exact) mass is 223 g/mol. The maximum Gasteiger partial charge on any atom is 0.208 e. The van der Waals surface area contributed by atoms with Gasteiger partial charge in [0.15, 0.2) is 0 Å². The predicted octanol–water partition coefficient (Wildman–Crippen LogP) is 1.61. The van der Waals surface area contributed by atoms with Crippen molar-refractivity contribution in [3.05, 3.63) is 40.4 Å². The summed E-state index contributed by atoms with van der Waals surface area (Å²) < 4.78 is 16.5. The topological polar surface area (TPSA) is 55.7 Å². The number of hydrogen-bond donors (Lipinski definition) is 0. The van der Waals surface area contributed by atoms with Gasteiger partial charge in [-0.3, -0.25) is 9.78 Å². The number of ketones is 1. The zero-order chi connectivity index (χ0) is 10.8. The highest BCUT2D eigenvalue weighted by atomic mass is 32.1. The van der Waals surface area contributed by atoms with Gasteiger partial charge in [-0.2, -0.15) is 0 Å².